The fourth-order valence-electron chi connectivity index (χ4n) is 3.67. The predicted octanol–water partition coefficient (Wildman–Crippen LogP) is 5.76. The maximum absolute atomic E-state index is 12.9. The highest BCUT2D eigenvalue weighted by atomic mass is 127. The highest BCUT2D eigenvalue weighted by Gasteiger charge is 2.46. The second kappa shape index (κ2) is 13.2. The number of nitrogens with one attached hydrogen (secondary N) is 2. The van der Waals surface area contributed by atoms with Crippen LogP contribution in [0.25, 0.3) is 0 Å². The maximum Gasteiger partial charge on any atom is 0.516 e. The number of unbranched alkanes of at least 4 members (excludes halogenated alkanes) is 1. The van der Waals surface area contributed by atoms with Gasteiger partial charge in [0.1, 0.15) is 5.82 Å². The molecule has 1 aromatic heterocycles. The first kappa shape index (κ1) is 31.7. The molecule has 40 heavy (non-hydrogen) atoms. The summed E-state index contributed by atoms with van der Waals surface area (Å²) in [6.45, 7) is 2.38. The lowest BCUT2D eigenvalue weighted by Gasteiger charge is -2.15. The normalized spacial score (nSPS) is 11.8. The van der Waals surface area contributed by atoms with Crippen LogP contribution < -0.4 is 10.0 Å². The number of halogens is 5. The van der Waals surface area contributed by atoms with Crippen molar-refractivity contribution in [2.45, 2.75) is 44.7 Å². The molecule has 3 rings (SSSR count). The Bertz CT molecular complexity index is 1500. The first-order chi connectivity index (χ1) is 18.8. The molecular formula is C25H25ClF3IN4O5S. The van der Waals surface area contributed by atoms with Gasteiger partial charge in [-0.3, -0.25) is 14.3 Å². The fourth-order valence-corrected chi connectivity index (χ4v) is 5.01. The van der Waals surface area contributed by atoms with E-state index in [1.807, 2.05) is 34.1 Å². The summed E-state index contributed by atoms with van der Waals surface area (Å²) in [4.78, 5) is 29.3. The number of esters is 1. The number of alkyl halides is 3. The van der Waals surface area contributed by atoms with E-state index in [4.69, 9.17) is 16.3 Å². The molecule has 0 radical (unpaired) electrons. The summed E-state index contributed by atoms with van der Waals surface area (Å²) in [5, 5.41) is 2.79. The van der Waals surface area contributed by atoms with Gasteiger partial charge in [-0.25, -0.2) is 4.98 Å². The molecular weight excluding hydrogens is 688 g/mol. The Labute approximate surface area is 247 Å². The molecule has 3 aromatic rings. The molecule has 0 aliphatic carbocycles. The Kier molecular flexibility index (Phi) is 10.5. The number of ether oxygens (including phenoxy) is 1. The molecule has 2 aromatic carbocycles. The summed E-state index contributed by atoms with van der Waals surface area (Å²) in [5.74, 6) is -0.555. The lowest BCUT2D eigenvalue weighted by molar-refractivity contribution is -0.139. The van der Waals surface area contributed by atoms with Crippen LogP contribution >= 0.6 is 34.2 Å². The first-order valence-electron chi connectivity index (χ1n) is 11.8. The molecule has 2 N–H and O–H groups in total. The number of hydrogen-bond donors (Lipinski definition) is 2. The first-order valence-corrected chi connectivity index (χ1v) is 14.8. The van der Waals surface area contributed by atoms with Crippen molar-refractivity contribution in [2.24, 2.45) is 0 Å². The van der Waals surface area contributed by atoms with Gasteiger partial charge in [0.05, 0.1) is 30.5 Å². The van der Waals surface area contributed by atoms with Gasteiger partial charge in [-0.05, 0) is 64.9 Å². The standard InChI is InChI=1S/C25H25ClF3IN4O5S/c1-3-4-5-21-32-23(26)20(13-22(35)39-2)34(21)14-15-6-9-17(10-7-15)31-24(36)18-12-16(30)8-11-19(18)33-40(37,38)25(27,28)29/h6-12,33H,3-5,13-14H2,1-2H3,(H,31,36). The molecule has 0 spiro atoms. The minimum Gasteiger partial charge on any atom is -0.469 e. The van der Waals surface area contributed by atoms with Gasteiger partial charge < -0.3 is 14.6 Å². The Morgan fingerprint density at radius 2 is 1.82 bits per heavy atom. The third-order valence-corrected chi connectivity index (χ3v) is 7.80. The number of amides is 1. The van der Waals surface area contributed by atoms with Gasteiger partial charge in [0, 0.05) is 22.2 Å². The number of carbonyl (C=O) groups excluding carboxylic acids is 2. The second-order valence-corrected chi connectivity index (χ2v) is 11.9. The summed E-state index contributed by atoms with van der Waals surface area (Å²) in [7, 11) is -4.44. The van der Waals surface area contributed by atoms with E-state index in [-0.39, 0.29) is 17.1 Å². The van der Waals surface area contributed by atoms with Gasteiger partial charge in [-0.2, -0.15) is 21.6 Å². The lowest BCUT2D eigenvalue weighted by atomic mass is 10.1. The predicted molar refractivity (Wildman–Crippen MR) is 153 cm³/mol. The minimum absolute atomic E-state index is 0.0566. The van der Waals surface area contributed by atoms with Crippen LogP contribution in [0.15, 0.2) is 42.5 Å². The third-order valence-electron chi connectivity index (χ3n) is 5.72. The number of anilines is 2. The molecule has 0 saturated heterocycles. The number of rotatable bonds is 11. The topological polar surface area (TPSA) is 119 Å². The van der Waals surface area contributed by atoms with Crippen LogP contribution in [-0.4, -0.2) is 42.5 Å². The molecule has 0 aliphatic heterocycles. The molecule has 0 fully saturated rings. The van der Waals surface area contributed by atoms with Crippen molar-refractivity contribution in [3.63, 3.8) is 0 Å². The van der Waals surface area contributed by atoms with E-state index in [0.717, 1.165) is 30.3 Å². The zero-order valence-corrected chi connectivity index (χ0v) is 25.0. The van der Waals surface area contributed by atoms with Crippen LogP contribution in [0, 0.1) is 3.57 Å². The Morgan fingerprint density at radius 3 is 2.42 bits per heavy atom. The fraction of sp³-hybridized carbons (Fsp3) is 0.320. The Balaban J connectivity index is 1.83. The summed E-state index contributed by atoms with van der Waals surface area (Å²) in [6.07, 6.45) is 2.40. The van der Waals surface area contributed by atoms with Crippen molar-refractivity contribution in [3.05, 3.63) is 73.8 Å². The Hall–Kier alpha value is -2.85. The van der Waals surface area contributed by atoms with Crippen molar-refractivity contribution in [2.75, 3.05) is 17.1 Å². The lowest BCUT2D eigenvalue weighted by Crippen LogP contribution is -2.31. The monoisotopic (exact) mass is 712 g/mol. The number of nitrogens with zero attached hydrogens (tertiary/aromatic N) is 2. The molecule has 1 heterocycles. The summed E-state index contributed by atoms with van der Waals surface area (Å²) in [5.41, 5.74) is -4.71. The van der Waals surface area contributed by atoms with Crippen molar-refractivity contribution in [3.8, 4) is 0 Å². The number of methoxy groups -OCH3 is 1. The summed E-state index contributed by atoms with van der Waals surface area (Å²) >= 11 is 8.19. The van der Waals surface area contributed by atoms with Gasteiger partial charge in [-0.15, -0.1) is 0 Å². The van der Waals surface area contributed by atoms with Gasteiger partial charge in [0.15, 0.2) is 5.15 Å². The minimum atomic E-state index is -5.73. The number of sulfonamides is 1. The van der Waals surface area contributed by atoms with E-state index < -0.39 is 33.1 Å². The molecule has 0 aliphatic rings. The van der Waals surface area contributed by atoms with Crippen molar-refractivity contribution >= 4 is 67.5 Å². The summed E-state index contributed by atoms with van der Waals surface area (Å²) < 4.78 is 70.4. The number of aromatic nitrogens is 2. The third kappa shape index (κ3) is 7.87. The average Bonchev–Trinajstić information content (AvgIpc) is 3.17. The van der Waals surface area contributed by atoms with Crippen molar-refractivity contribution in [1.82, 2.24) is 9.55 Å². The van der Waals surface area contributed by atoms with Gasteiger partial charge >= 0.3 is 21.5 Å². The molecule has 0 unspecified atom stereocenters. The number of carbonyl (C=O) groups is 2. The van der Waals surface area contributed by atoms with E-state index in [9.17, 15) is 31.2 Å². The molecule has 0 atom stereocenters. The number of imidazole rings is 1. The molecule has 9 nitrogen and oxygen atoms in total. The number of hydrogen-bond acceptors (Lipinski definition) is 6. The van der Waals surface area contributed by atoms with E-state index in [0.29, 0.717) is 27.9 Å². The van der Waals surface area contributed by atoms with Crippen LogP contribution in [0.1, 0.15) is 47.2 Å². The van der Waals surface area contributed by atoms with Gasteiger partial charge in [-0.1, -0.05) is 37.1 Å². The highest BCUT2D eigenvalue weighted by molar-refractivity contribution is 14.1. The van der Waals surface area contributed by atoms with Gasteiger partial charge in [0.2, 0.25) is 0 Å². The van der Waals surface area contributed by atoms with Crippen LogP contribution in [0.2, 0.25) is 5.15 Å². The van der Waals surface area contributed by atoms with E-state index >= 15 is 0 Å². The van der Waals surface area contributed by atoms with E-state index in [2.05, 4.69) is 10.3 Å². The average molecular weight is 713 g/mol. The van der Waals surface area contributed by atoms with Crippen LogP contribution in [0.4, 0.5) is 24.5 Å². The van der Waals surface area contributed by atoms with Crippen LogP contribution in [0.5, 0.6) is 0 Å². The maximum atomic E-state index is 12.9. The zero-order valence-electron chi connectivity index (χ0n) is 21.3. The SMILES string of the molecule is CCCCc1nc(Cl)c(CC(=O)OC)n1Cc1ccc(NC(=O)c2cc(I)ccc2NS(=O)(=O)C(F)(F)F)cc1. The highest BCUT2D eigenvalue weighted by Crippen LogP contribution is 2.29. The molecule has 15 heteroatoms. The van der Waals surface area contributed by atoms with E-state index in [1.54, 1.807) is 24.3 Å². The van der Waals surface area contributed by atoms with E-state index in [1.165, 1.54) is 24.0 Å². The molecule has 1 amide bonds. The van der Waals surface area contributed by atoms with Gasteiger partial charge in [0.25, 0.3) is 5.91 Å². The molecule has 0 saturated carbocycles. The second-order valence-electron chi connectivity index (χ2n) is 8.60. The number of benzene rings is 2. The van der Waals surface area contributed by atoms with Crippen molar-refractivity contribution in [1.29, 1.82) is 0 Å². The smallest absolute Gasteiger partial charge is 0.469 e. The van der Waals surface area contributed by atoms with Crippen molar-refractivity contribution < 1.29 is 35.9 Å². The molecule has 216 valence electrons. The molecule has 0 bridgehead atoms. The zero-order chi connectivity index (χ0) is 29.7. The Morgan fingerprint density at radius 1 is 1.15 bits per heavy atom. The number of aryl methyl sites for hydroxylation is 1. The quantitative estimate of drug-likeness (QED) is 0.193. The van der Waals surface area contributed by atoms with Crippen LogP contribution in [-0.2, 0) is 38.9 Å². The van der Waals surface area contributed by atoms with Crippen LogP contribution in [0.3, 0.4) is 0 Å². The summed E-state index contributed by atoms with van der Waals surface area (Å²) in [6, 6.07) is 10.3. The largest absolute Gasteiger partial charge is 0.516 e.